The van der Waals surface area contributed by atoms with E-state index in [9.17, 15) is 17.6 Å². The van der Waals surface area contributed by atoms with E-state index in [-0.39, 0.29) is 5.56 Å². The van der Waals surface area contributed by atoms with E-state index in [1.165, 1.54) is 6.07 Å². The van der Waals surface area contributed by atoms with Crippen molar-refractivity contribution in [2.24, 2.45) is 5.92 Å². The van der Waals surface area contributed by atoms with Crippen molar-refractivity contribution in [3.05, 3.63) is 35.1 Å². The number of hydrogen-bond acceptors (Lipinski definition) is 1. The molecule has 0 radical (unpaired) electrons. The fourth-order valence-corrected chi connectivity index (χ4v) is 2.63. The first-order chi connectivity index (χ1) is 9.70. The predicted molar refractivity (Wildman–Crippen MR) is 74.1 cm³/mol. The molecule has 0 amide bonds. The molecule has 1 nitrogen and oxygen atoms in total. The summed E-state index contributed by atoms with van der Waals surface area (Å²) in [5.41, 5.74) is -0.968. The van der Waals surface area contributed by atoms with Gasteiger partial charge in [-0.2, -0.15) is 13.2 Å². The van der Waals surface area contributed by atoms with Crippen LogP contribution in [0.5, 0.6) is 0 Å². The average molecular weight is 301 g/mol. The summed E-state index contributed by atoms with van der Waals surface area (Å²) in [4.78, 5) is 0. The van der Waals surface area contributed by atoms with Gasteiger partial charge in [0, 0.05) is 11.1 Å². The summed E-state index contributed by atoms with van der Waals surface area (Å²) in [6, 6.07) is 2.66. The first-order valence-electron chi connectivity index (χ1n) is 7.16. The van der Waals surface area contributed by atoms with Crippen LogP contribution in [-0.2, 0) is 11.6 Å². The van der Waals surface area contributed by atoms with Gasteiger partial charge in [0.1, 0.15) is 5.82 Å². The second-order valence-electron chi connectivity index (χ2n) is 5.97. The third-order valence-corrected chi connectivity index (χ3v) is 4.39. The van der Waals surface area contributed by atoms with Crippen LogP contribution in [0.3, 0.4) is 0 Å². The Balaban J connectivity index is 2.28. The van der Waals surface area contributed by atoms with Crippen molar-refractivity contribution in [3.63, 3.8) is 0 Å². The van der Waals surface area contributed by atoms with E-state index in [0.717, 1.165) is 12.5 Å². The number of alkyl halides is 3. The van der Waals surface area contributed by atoms with Crippen LogP contribution < -0.4 is 0 Å². The third kappa shape index (κ3) is 3.11. The van der Waals surface area contributed by atoms with Crippen LogP contribution in [0.15, 0.2) is 18.2 Å². The van der Waals surface area contributed by atoms with Crippen LogP contribution in [0.4, 0.5) is 17.6 Å². The second-order valence-corrected chi connectivity index (χ2v) is 5.97. The molecule has 21 heavy (non-hydrogen) atoms. The van der Waals surface area contributed by atoms with Crippen molar-refractivity contribution < 1.29 is 17.6 Å². The van der Waals surface area contributed by atoms with E-state index >= 15 is 0 Å². The highest BCUT2D eigenvalue weighted by molar-refractivity contribution is 5.95. The highest BCUT2D eigenvalue weighted by Crippen LogP contribution is 2.51. The number of rotatable bonds is 5. The van der Waals surface area contributed by atoms with Crippen molar-refractivity contribution >= 4 is 5.71 Å². The molecule has 0 saturated heterocycles. The van der Waals surface area contributed by atoms with Crippen LogP contribution >= 0.6 is 0 Å². The molecular weight excluding hydrogens is 282 g/mol. The summed E-state index contributed by atoms with van der Waals surface area (Å²) in [6.45, 7) is 4.05. The monoisotopic (exact) mass is 301 g/mol. The molecule has 1 aromatic rings. The molecule has 0 bridgehead atoms. The SMILES string of the molecule is CCC(C)CC(=N)C1(c2ccc(C(F)(F)F)cc2F)CC1. The normalized spacial score (nSPS) is 18.4. The molecule has 1 aliphatic carbocycles. The molecule has 2 rings (SSSR count). The summed E-state index contributed by atoms with van der Waals surface area (Å²) < 4.78 is 51.8. The maximum Gasteiger partial charge on any atom is 0.416 e. The lowest BCUT2D eigenvalue weighted by molar-refractivity contribution is -0.137. The van der Waals surface area contributed by atoms with Gasteiger partial charge in [-0.05, 0) is 42.9 Å². The van der Waals surface area contributed by atoms with Crippen molar-refractivity contribution in [2.45, 2.75) is 51.1 Å². The first kappa shape index (κ1) is 16.0. The molecule has 0 aliphatic heterocycles. The van der Waals surface area contributed by atoms with Crippen molar-refractivity contribution in [1.29, 1.82) is 5.41 Å². The lowest BCUT2D eigenvalue weighted by Gasteiger charge is -2.21. The molecule has 1 unspecified atom stereocenters. The van der Waals surface area contributed by atoms with Crippen molar-refractivity contribution in [3.8, 4) is 0 Å². The van der Waals surface area contributed by atoms with Gasteiger partial charge < -0.3 is 5.41 Å². The number of halogens is 4. The Morgan fingerprint density at radius 3 is 2.38 bits per heavy atom. The van der Waals surface area contributed by atoms with E-state index in [1.807, 2.05) is 13.8 Å². The smallest absolute Gasteiger partial charge is 0.309 e. The van der Waals surface area contributed by atoms with Gasteiger partial charge in [-0.25, -0.2) is 4.39 Å². The molecular formula is C16H19F4N. The predicted octanol–water partition coefficient (Wildman–Crippen LogP) is 5.33. The second kappa shape index (κ2) is 5.43. The molecule has 0 spiro atoms. The number of hydrogen-bond donors (Lipinski definition) is 1. The summed E-state index contributed by atoms with van der Waals surface area (Å²) in [7, 11) is 0. The minimum atomic E-state index is -4.54. The largest absolute Gasteiger partial charge is 0.416 e. The van der Waals surface area contributed by atoms with Gasteiger partial charge in [0.05, 0.1) is 5.56 Å². The third-order valence-electron chi connectivity index (χ3n) is 4.39. The van der Waals surface area contributed by atoms with Gasteiger partial charge in [-0.15, -0.1) is 0 Å². The maximum atomic E-state index is 14.1. The molecule has 0 heterocycles. The minimum absolute atomic E-state index is 0.240. The van der Waals surface area contributed by atoms with Gasteiger partial charge in [-0.3, -0.25) is 0 Å². The van der Waals surface area contributed by atoms with Gasteiger partial charge in [0.15, 0.2) is 0 Å². The zero-order chi connectivity index (χ0) is 15.8. The molecule has 1 N–H and O–H groups in total. The first-order valence-corrected chi connectivity index (χ1v) is 7.16. The van der Waals surface area contributed by atoms with E-state index in [0.29, 0.717) is 37.0 Å². The molecule has 1 atom stereocenters. The number of nitrogens with one attached hydrogen (secondary N) is 1. The molecule has 1 fully saturated rings. The van der Waals surface area contributed by atoms with Crippen molar-refractivity contribution in [1.82, 2.24) is 0 Å². The van der Waals surface area contributed by atoms with Gasteiger partial charge in [0.25, 0.3) is 0 Å². The Bertz CT molecular complexity index is 544. The van der Waals surface area contributed by atoms with Gasteiger partial charge in [-0.1, -0.05) is 26.3 Å². The summed E-state index contributed by atoms with van der Waals surface area (Å²) in [5, 5.41) is 8.21. The summed E-state index contributed by atoms with van der Waals surface area (Å²) >= 11 is 0. The van der Waals surface area contributed by atoms with Crippen LogP contribution in [-0.4, -0.2) is 5.71 Å². The Labute approximate surface area is 121 Å². The molecule has 5 heteroatoms. The maximum absolute atomic E-state index is 14.1. The van der Waals surface area contributed by atoms with Crippen LogP contribution in [0.2, 0.25) is 0 Å². The number of benzene rings is 1. The van der Waals surface area contributed by atoms with Crippen LogP contribution in [0.1, 0.15) is 50.7 Å². The Morgan fingerprint density at radius 1 is 1.33 bits per heavy atom. The van der Waals surface area contributed by atoms with E-state index in [1.54, 1.807) is 0 Å². The van der Waals surface area contributed by atoms with Gasteiger partial charge >= 0.3 is 6.18 Å². The van der Waals surface area contributed by atoms with Crippen LogP contribution in [0, 0.1) is 17.1 Å². The van der Waals surface area contributed by atoms with E-state index in [4.69, 9.17) is 5.41 Å². The van der Waals surface area contributed by atoms with E-state index in [2.05, 4.69) is 0 Å². The molecule has 116 valence electrons. The zero-order valence-corrected chi connectivity index (χ0v) is 12.1. The zero-order valence-electron chi connectivity index (χ0n) is 12.1. The summed E-state index contributed by atoms with van der Waals surface area (Å²) in [6.07, 6.45) is -1.76. The molecule has 1 aromatic carbocycles. The highest BCUT2D eigenvalue weighted by atomic mass is 19.4. The van der Waals surface area contributed by atoms with E-state index < -0.39 is 23.0 Å². The average Bonchev–Trinajstić information content (AvgIpc) is 3.18. The Morgan fingerprint density at radius 2 is 1.95 bits per heavy atom. The molecule has 0 aromatic heterocycles. The topological polar surface area (TPSA) is 23.9 Å². The molecule has 1 aliphatic rings. The summed E-state index contributed by atoms with van der Waals surface area (Å²) in [5.74, 6) is -0.524. The fraction of sp³-hybridized carbons (Fsp3) is 0.562. The van der Waals surface area contributed by atoms with Crippen LogP contribution in [0.25, 0.3) is 0 Å². The Kier molecular flexibility index (Phi) is 4.13. The van der Waals surface area contributed by atoms with Gasteiger partial charge in [0.2, 0.25) is 0 Å². The lowest BCUT2D eigenvalue weighted by Crippen LogP contribution is -2.23. The highest BCUT2D eigenvalue weighted by Gasteiger charge is 2.50. The minimum Gasteiger partial charge on any atom is -0.309 e. The Hall–Kier alpha value is -1.39. The molecule has 1 saturated carbocycles. The quantitative estimate of drug-likeness (QED) is 0.561. The fourth-order valence-electron chi connectivity index (χ4n) is 2.63. The lowest BCUT2D eigenvalue weighted by atomic mass is 9.84. The van der Waals surface area contributed by atoms with Crippen molar-refractivity contribution in [2.75, 3.05) is 0 Å². The standard InChI is InChI=1S/C16H19F4N/c1-3-10(2)8-14(21)15(6-7-15)12-5-4-11(9-13(12)17)16(18,19)20/h4-5,9-10,21H,3,6-8H2,1-2H3.